The normalized spacial score (nSPS) is 16.6. The highest BCUT2D eigenvalue weighted by atomic mass is 35.5. The molecular formula is C17H15Cl5N2O2S. The van der Waals surface area contributed by atoms with Crippen molar-refractivity contribution in [1.29, 1.82) is 0 Å². The molecular weight excluding hydrogens is 474 g/mol. The predicted octanol–water partition coefficient (Wildman–Crippen LogP) is 6.65. The lowest BCUT2D eigenvalue weighted by atomic mass is 9.91. The van der Waals surface area contributed by atoms with Gasteiger partial charge in [-0.25, -0.2) is 0 Å². The fraction of sp³-hybridized carbons (Fsp3) is 0.353. The van der Waals surface area contributed by atoms with Crippen LogP contribution in [0.3, 0.4) is 0 Å². The summed E-state index contributed by atoms with van der Waals surface area (Å²) in [6.07, 6.45) is 1.49. The average Bonchev–Trinajstić information content (AvgIpc) is 3.10. The summed E-state index contributed by atoms with van der Waals surface area (Å²) in [5, 5.41) is 1.07. The standard InChI is InChI=1S/C17H15Cl5N2O2S/c1-17(23)4-6-24(7-5-17)16(25)8-2-3-9(26-8)27-15-13(21)11(19)10(18)12(20)14(15)22/h2-3H,4-7,23H2,1H3. The maximum atomic E-state index is 12.6. The van der Waals surface area contributed by atoms with Crippen LogP contribution in [0.4, 0.5) is 0 Å². The molecule has 27 heavy (non-hydrogen) atoms. The van der Waals surface area contributed by atoms with Gasteiger partial charge >= 0.3 is 0 Å². The molecule has 1 aromatic heterocycles. The monoisotopic (exact) mass is 486 g/mol. The van der Waals surface area contributed by atoms with Crippen molar-refractivity contribution in [2.45, 2.75) is 35.3 Å². The first-order chi connectivity index (χ1) is 12.6. The second-order valence-electron chi connectivity index (χ2n) is 6.57. The van der Waals surface area contributed by atoms with Gasteiger partial charge in [-0.1, -0.05) is 58.0 Å². The Morgan fingerprint density at radius 1 is 1.04 bits per heavy atom. The van der Waals surface area contributed by atoms with Crippen molar-refractivity contribution in [2.75, 3.05) is 13.1 Å². The molecule has 0 bridgehead atoms. The number of halogens is 5. The van der Waals surface area contributed by atoms with E-state index in [-0.39, 0.29) is 42.3 Å². The van der Waals surface area contributed by atoms with Gasteiger partial charge in [0.15, 0.2) is 10.9 Å². The number of amides is 1. The van der Waals surface area contributed by atoms with Gasteiger partial charge in [-0.05, 0) is 43.7 Å². The smallest absolute Gasteiger partial charge is 0.289 e. The van der Waals surface area contributed by atoms with Crippen LogP contribution in [0.2, 0.25) is 25.1 Å². The van der Waals surface area contributed by atoms with E-state index < -0.39 is 0 Å². The van der Waals surface area contributed by atoms with Gasteiger partial charge in [-0.3, -0.25) is 4.79 Å². The molecule has 10 heteroatoms. The summed E-state index contributed by atoms with van der Waals surface area (Å²) in [5.41, 5.74) is 5.88. The van der Waals surface area contributed by atoms with Crippen LogP contribution in [0.15, 0.2) is 26.5 Å². The summed E-state index contributed by atoms with van der Waals surface area (Å²) in [5.74, 6) is 0.0539. The highest BCUT2D eigenvalue weighted by molar-refractivity contribution is 7.99. The molecule has 1 saturated heterocycles. The van der Waals surface area contributed by atoms with Gasteiger partial charge in [0, 0.05) is 18.6 Å². The number of hydrogen-bond acceptors (Lipinski definition) is 4. The molecule has 3 rings (SSSR count). The minimum absolute atomic E-state index is 0.0880. The van der Waals surface area contributed by atoms with E-state index in [4.69, 9.17) is 68.2 Å². The molecule has 0 spiro atoms. The van der Waals surface area contributed by atoms with Gasteiger partial charge < -0.3 is 15.1 Å². The lowest BCUT2D eigenvalue weighted by Crippen LogP contribution is -2.49. The molecule has 1 aliphatic rings. The van der Waals surface area contributed by atoms with Gasteiger partial charge in [0.25, 0.3) is 5.91 Å². The van der Waals surface area contributed by atoms with Crippen molar-refractivity contribution in [1.82, 2.24) is 4.90 Å². The first-order valence-corrected chi connectivity index (χ1v) is 10.7. The molecule has 1 fully saturated rings. The lowest BCUT2D eigenvalue weighted by molar-refractivity contribution is 0.0643. The van der Waals surface area contributed by atoms with Crippen LogP contribution in [0.1, 0.15) is 30.3 Å². The topological polar surface area (TPSA) is 59.5 Å². The zero-order valence-corrected chi connectivity index (χ0v) is 18.7. The minimum atomic E-state index is -0.235. The number of nitrogens with zero attached hydrogens (tertiary/aromatic N) is 1. The number of nitrogens with two attached hydrogens (primary N) is 1. The molecule has 1 aromatic carbocycles. The van der Waals surface area contributed by atoms with Crippen LogP contribution in [0.5, 0.6) is 0 Å². The van der Waals surface area contributed by atoms with Gasteiger partial charge in [-0.2, -0.15) is 0 Å². The molecule has 0 aliphatic carbocycles. The number of piperidine rings is 1. The van der Waals surface area contributed by atoms with Crippen molar-refractivity contribution in [3.05, 3.63) is 43.0 Å². The maximum Gasteiger partial charge on any atom is 0.289 e. The van der Waals surface area contributed by atoms with Crippen LogP contribution in [0.25, 0.3) is 0 Å². The third-order valence-electron chi connectivity index (χ3n) is 4.36. The Bertz CT molecular complexity index is 861. The first-order valence-electron chi connectivity index (χ1n) is 7.98. The van der Waals surface area contributed by atoms with E-state index in [9.17, 15) is 4.79 Å². The van der Waals surface area contributed by atoms with Crippen LogP contribution in [-0.4, -0.2) is 29.4 Å². The Labute approximate surface area is 186 Å². The zero-order chi connectivity index (χ0) is 19.9. The molecule has 2 aromatic rings. The summed E-state index contributed by atoms with van der Waals surface area (Å²) < 4.78 is 5.68. The largest absolute Gasteiger partial charge is 0.444 e. The lowest BCUT2D eigenvalue weighted by Gasteiger charge is -2.36. The van der Waals surface area contributed by atoms with Crippen molar-refractivity contribution in [2.24, 2.45) is 5.73 Å². The Balaban J connectivity index is 1.79. The Hall–Kier alpha value is -0.270. The summed E-state index contributed by atoms with van der Waals surface area (Å²) in [6, 6.07) is 3.28. The van der Waals surface area contributed by atoms with E-state index in [2.05, 4.69) is 0 Å². The molecule has 2 heterocycles. The van der Waals surface area contributed by atoms with Gasteiger partial charge in [0.2, 0.25) is 0 Å². The predicted molar refractivity (Wildman–Crippen MR) is 112 cm³/mol. The van der Waals surface area contributed by atoms with Gasteiger partial charge in [0.05, 0.1) is 30.0 Å². The number of likely N-dealkylation sites (tertiary alicyclic amines) is 1. The second kappa shape index (κ2) is 8.23. The number of benzene rings is 1. The van der Waals surface area contributed by atoms with Gasteiger partial charge in [-0.15, -0.1) is 0 Å². The molecule has 146 valence electrons. The highest BCUT2D eigenvalue weighted by Gasteiger charge is 2.30. The number of rotatable bonds is 3. The molecule has 0 radical (unpaired) electrons. The maximum absolute atomic E-state index is 12.6. The zero-order valence-electron chi connectivity index (χ0n) is 14.1. The third kappa shape index (κ3) is 4.50. The van der Waals surface area contributed by atoms with E-state index in [1.165, 1.54) is 0 Å². The van der Waals surface area contributed by atoms with E-state index in [1.807, 2.05) is 6.92 Å². The Kier molecular flexibility index (Phi) is 6.53. The summed E-state index contributed by atoms with van der Waals surface area (Å²) >= 11 is 31.7. The molecule has 1 aliphatic heterocycles. The number of carbonyl (C=O) groups excluding carboxylic acids is 1. The quantitative estimate of drug-likeness (QED) is 0.388. The number of carbonyl (C=O) groups is 1. The molecule has 1 amide bonds. The van der Waals surface area contributed by atoms with Crippen LogP contribution < -0.4 is 5.73 Å². The summed E-state index contributed by atoms with van der Waals surface area (Å²) in [7, 11) is 0. The van der Waals surface area contributed by atoms with Gasteiger partial charge in [0.1, 0.15) is 0 Å². The minimum Gasteiger partial charge on any atom is -0.444 e. The van der Waals surface area contributed by atoms with Crippen molar-refractivity contribution >= 4 is 75.7 Å². The number of furan rings is 1. The molecule has 4 nitrogen and oxygen atoms in total. The molecule has 2 N–H and O–H groups in total. The van der Waals surface area contributed by atoms with Crippen molar-refractivity contribution < 1.29 is 9.21 Å². The fourth-order valence-electron chi connectivity index (χ4n) is 2.64. The van der Waals surface area contributed by atoms with Crippen LogP contribution >= 0.6 is 69.8 Å². The molecule has 0 unspecified atom stereocenters. The second-order valence-corrected chi connectivity index (χ2v) is 9.47. The summed E-state index contributed by atoms with van der Waals surface area (Å²) in [6.45, 7) is 3.18. The highest BCUT2D eigenvalue weighted by Crippen LogP contribution is 2.49. The Morgan fingerprint density at radius 3 is 2.11 bits per heavy atom. The summed E-state index contributed by atoms with van der Waals surface area (Å²) in [4.78, 5) is 14.8. The first kappa shape index (κ1) is 21.4. The van der Waals surface area contributed by atoms with E-state index in [0.29, 0.717) is 23.1 Å². The fourth-order valence-corrected chi connectivity index (χ4v) is 4.98. The SMILES string of the molecule is CC1(N)CCN(C(=O)c2ccc(Sc3c(Cl)c(Cl)c(Cl)c(Cl)c3Cl)o2)CC1. The van der Waals surface area contributed by atoms with E-state index in [1.54, 1.807) is 17.0 Å². The Morgan fingerprint density at radius 2 is 1.56 bits per heavy atom. The third-order valence-corrected chi connectivity index (χ3v) is 7.89. The average molecular weight is 489 g/mol. The number of hydrogen-bond donors (Lipinski definition) is 1. The molecule has 0 saturated carbocycles. The molecule has 0 atom stereocenters. The van der Waals surface area contributed by atoms with Crippen LogP contribution in [-0.2, 0) is 0 Å². The van der Waals surface area contributed by atoms with E-state index in [0.717, 1.165) is 24.6 Å². The van der Waals surface area contributed by atoms with Crippen molar-refractivity contribution in [3.63, 3.8) is 0 Å². The van der Waals surface area contributed by atoms with Crippen LogP contribution in [0, 0.1) is 0 Å². The van der Waals surface area contributed by atoms with E-state index >= 15 is 0 Å². The van der Waals surface area contributed by atoms with Crippen molar-refractivity contribution in [3.8, 4) is 0 Å².